The number of carboxylic acid groups (broad SMARTS) is 1. The maximum Gasteiger partial charge on any atom is 0.411 e. The average Bonchev–Trinajstić information content (AvgIpc) is 4.42. The molecule has 2 aliphatic heterocycles. The summed E-state index contributed by atoms with van der Waals surface area (Å²) < 4.78 is 10.6. The van der Waals surface area contributed by atoms with Crippen LogP contribution in [0.4, 0.5) is 67.8 Å². The lowest BCUT2D eigenvalue weighted by Gasteiger charge is -2.28. The largest absolute Gasteiger partial charge is 0.480 e. The van der Waals surface area contributed by atoms with Gasteiger partial charge in [-0.3, -0.25) is 24.8 Å². The first-order valence-corrected chi connectivity index (χ1v) is 27.1. The van der Waals surface area contributed by atoms with Crippen molar-refractivity contribution in [2.75, 3.05) is 71.2 Å². The number of likely N-dealkylation sites (tertiary alicyclic amines) is 2. The summed E-state index contributed by atoms with van der Waals surface area (Å²) in [6.07, 6.45) is 2.28. The molecule has 4 aromatic heterocycles. The number of anilines is 10. The molecule has 27 nitrogen and oxygen atoms in total. The molecule has 2 aliphatic rings. The highest BCUT2D eigenvalue weighted by molar-refractivity contribution is 5.86. The highest BCUT2D eigenvalue weighted by Gasteiger charge is 2.37. The minimum atomic E-state index is -0.960. The van der Waals surface area contributed by atoms with Crippen LogP contribution in [0.25, 0.3) is 0 Å². The molecule has 3 amide bonds. The van der Waals surface area contributed by atoms with Crippen LogP contribution in [0.3, 0.4) is 0 Å². The smallest absolute Gasteiger partial charge is 0.411 e. The van der Waals surface area contributed by atoms with Crippen molar-refractivity contribution in [1.82, 2.24) is 55.4 Å². The second kappa shape index (κ2) is 30.9. The van der Waals surface area contributed by atoms with Gasteiger partial charge < -0.3 is 57.5 Å². The first-order valence-electron chi connectivity index (χ1n) is 27.1. The molecule has 84 heavy (non-hydrogen) atoms. The van der Waals surface area contributed by atoms with E-state index >= 15 is 0 Å². The number of benzene rings is 2. The number of ether oxygens (including phenoxy) is 2. The Morgan fingerprint density at radius 1 is 0.619 bits per heavy atom. The second-order valence-electron chi connectivity index (χ2n) is 21.3. The number of amides is 3. The molecular formula is C57H78N20O7. The van der Waals surface area contributed by atoms with Crippen LogP contribution >= 0.6 is 0 Å². The fourth-order valence-corrected chi connectivity index (χ4v) is 8.23. The monoisotopic (exact) mass is 1150 g/mol. The third kappa shape index (κ3) is 21.3. The summed E-state index contributed by atoms with van der Waals surface area (Å²) in [7, 11) is 0. The SMILES string of the molecule is C.CC(C)(C)OC(=O)N1CCC[C@H]1C(=O)O.Cc1cc(Nc2cc(NCCN)nc(Nc3ccc(CC#N)cc3)n2)n[nH]1.Cc1cc(Nc2cc(NCCNC(=O)[C@@H]3CCCN3C(=O)OC(C)(C)C)nc(Nc3ccc(CC#N)cc3)n2)n[nH]1. The van der Waals surface area contributed by atoms with Gasteiger partial charge in [-0.25, -0.2) is 14.4 Å². The Morgan fingerprint density at radius 2 is 1.04 bits per heavy atom. The molecule has 0 aliphatic carbocycles. The van der Waals surface area contributed by atoms with E-state index in [2.05, 4.69) is 89.7 Å². The Morgan fingerprint density at radius 3 is 1.43 bits per heavy atom. The summed E-state index contributed by atoms with van der Waals surface area (Å²) in [6.45, 7) is 17.3. The summed E-state index contributed by atoms with van der Waals surface area (Å²) in [5.74, 6) is 3.17. The number of aromatic amines is 2. The van der Waals surface area contributed by atoms with Gasteiger partial charge in [-0.05, 0) is 116 Å². The van der Waals surface area contributed by atoms with Gasteiger partial charge in [-0.1, -0.05) is 31.7 Å². The zero-order valence-corrected chi connectivity index (χ0v) is 48.0. The third-order valence-corrected chi connectivity index (χ3v) is 11.9. The fourth-order valence-electron chi connectivity index (χ4n) is 8.23. The van der Waals surface area contributed by atoms with Crippen molar-refractivity contribution in [2.24, 2.45) is 5.73 Å². The van der Waals surface area contributed by atoms with E-state index in [1.807, 2.05) is 74.5 Å². The predicted molar refractivity (Wildman–Crippen MR) is 321 cm³/mol. The lowest BCUT2D eigenvalue weighted by Crippen LogP contribution is -2.48. The van der Waals surface area contributed by atoms with Gasteiger partial charge in [0.25, 0.3) is 0 Å². The van der Waals surface area contributed by atoms with E-state index in [-0.39, 0.29) is 13.3 Å². The van der Waals surface area contributed by atoms with Gasteiger partial charge in [-0.2, -0.15) is 40.7 Å². The number of nitriles is 2. The van der Waals surface area contributed by atoms with E-state index in [1.165, 1.54) is 9.80 Å². The first kappa shape index (κ1) is 65.1. The highest BCUT2D eigenvalue weighted by atomic mass is 16.6. The predicted octanol–water partition coefficient (Wildman–Crippen LogP) is 8.53. The summed E-state index contributed by atoms with van der Waals surface area (Å²) in [5, 5.41) is 62.7. The zero-order chi connectivity index (χ0) is 60.1. The summed E-state index contributed by atoms with van der Waals surface area (Å²) in [6, 6.07) is 25.3. The summed E-state index contributed by atoms with van der Waals surface area (Å²) >= 11 is 0. The number of aliphatic carboxylic acids is 1. The Hall–Kier alpha value is -9.76. The number of nitrogens with two attached hydrogens (primary N) is 1. The van der Waals surface area contributed by atoms with Crippen LogP contribution < -0.4 is 43.0 Å². The Bertz CT molecular complexity index is 3200. The van der Waals surface area contributed by atoms with E-state index in [4.69, 9.17) is 30.8 Å². The number of nitrogens with one attached hydrogen (secondary N) is 9. The van der Waals surface area contributed by atoms with Crippen LogP contribution in [-0.2, 0) is 31.9 Å². The second-order valence-corrected chi connectivity index (χ2v) is 21.3. The van der Waals surface area contributed by atoms with E-state index < -0.39 is 41.4 Å². The molecule has 2 fully saturated rings. The van der Waals surface area contributed by atoms with Crippen LogP contribution in [0.15, 0.2) is 72.8 Å². The van der Waals surface area contributed by atoms with E-state index in [9.17, 15) is 19.2 Å². The summed E-state index contributed by atoms with van der Waals surface area (Å²) in [4.78, 5) is 68.7. The molecule has 2 saturated heterocycles. The quantitative estimate of drug-likeness (QED) is 0.0338. The van der Waals surface area contributed by atoms with Crippen molar-refractivity contribution >= 4 is 82.2 Å². The maximum absolute atomic E-state index is 12.9. The van der Waals surface area contributed by atoms with Crippen molar-refractivity contribution in [3.05, 3.63) is 95.3 Å². The number of carbonyl (C=O) groups excluding carboxylic acids is 3. The molecule has 12 N–H and O–H groups in total. The molecule has 6 heterocycles. The van der Waals surface area contributed by atoms with Crippen molar-refractivity contribution in [1.29, 1.82) is 10.5 Å². The van der Waals surface area contributed by atoms with Gasteiger partial charge in [0, 0.05) is 86.3 Å². The Labute approximate surface area is 489 Å². The molecule has 6 aromatic rings. The lowest BCUT2D eigenvalue weighted by molar-refractivity contribution is -0.142. The number of hydrogen-bond donors (Lipinski definition) is 11. The number of aromatic nitrogens is 8. The Kier molecular flexibility index (Phi) is 23.9. The first-order chi connectivity index (χ1) is 39.6. The normalized spacial score (nSPS) is 14.3. The molecule has 8 rings (SSSR count). The van der Waals surface area contributed by atoms with Crippen molar-refractivity contribution in [2.45, 2.75) is 125 Å². The average molecular weight is 1160 g/mol. The van der Waals surface area contributed by atoms with E-state index in [0.717, 1.165) is 46.7 Å². The number of hydrogen-bond acceptors (Lipinski definition) is 21. The van der Waals surface area contributed by atoms with Crippen LogP contribution in [0, 0.1) is 36.5 Å². The number of H-pyrrole nitrogens is 2. The minimum Gasteiger partial charge on any atom is -0.480 e. The number of nitrogens with zero attached hydrogens (tertiary/aromatic N) is 10. The van der Waals surface area contributed by atoms with Gasteiger partial charge in [0.1, 0.15) is 46.6 Å². The number of rotatable bonds is 19. The molecule has 27 heteroatoms. The Balaban J connectivity index is 0.000000257. The van der Waals surface area contributed by atoms with Gasteiger partial charge in [0.15, 0.2) is 11.6 Å². The van der Waals surface area contributed by atoms with Gasteiger partial charge >= 0.3 is 18.2 Å². The van der Waals surface area contributed by atoms with Crippen LogP contribution in [0.5, 0.6) is 0 Å². The van der Waals surface area contributed by atoms with Gasteiger partial charge in [-0.15, -0.1) is 0 Å². The van der Waals surface area contributed by atoms with E-state index in [1.54, 1.807) is 53.7 Å². The number of carboxylic acids is 1. The van der Waals surface area contributed by atoms with Crippen LogP contribution in [0.1, 0.15) is 97.2 Å². The fraction of sp³-hybridized carbons (Fsp3) is 0.439. The number of aryl methyl sites for hydroxylation is 2. The van der Waals surface area contributed by atoms with Crippen molar-refractivity contribution in [3.63, 3.8) is 0 Å². The molecule has 0 radical (unpaired) electrons. The summed E-state index contributed by atoms with van der Waals surface area (Å²) in [5.41, 5.74) is 9.68. The van der Waals surface area contributed by atoms with E-state index in [0.29, 0.717) is 112 Å². The van der Waals surface area contributed by atoms with Crippen molar-refractivity contribution in [3.8, 4) is 12.1 Å². The molecular weight excluding hydrogens is 1080 g/mol. The topological polar surface area (TPSA) is 380 Å². The lowest BCUT2D eigenvalue weighted by atomic mass is 10.1. The molecule has 0 saturated carbocycles. The standard InChI is InChI=1S/C28H36N10O3.C18H21N9.C10H17NO4.CH4/c1-18-16-24(37-36-18)33-23-17-22(34-26(35-23)32-20-9-7-19(8-10-20)11-12-29)30-13-14-31-25(39)21-6-5-15-38(21)27(40)41-28(2,3)4;1-12-10-17(27-26-12)23-16-11-15(21-9-8-20)24-18(25-16)22-14-4-2-13(3-5-14)6-7-19;1-10(2,3)15-9(14)11-6-4-5-7(11)8(12)13;/h7-10,16-17,21H,5-6,11,13-15H2,1-4H3,(H,31,39)(H4,30,32,33,34,35,36,37);2-5,10-11H,6,8-9,20H2,1H3,(H4,21,22,23,24,25,26,27);7H,4-6H2,1-3H3,(H,12,13);1H4/t21-;;7-;/m0.0./s1. The number of carbonyl (C=O) groups is 4. The molecule has 2 atom stereocenters. The molecule has 0 unspecified atom stereocenters. The van der Waals surface area contributed by atoms with Gasteiger partial charge in [0.2, 0.25) is 17.8 Å². The van der Waals surface area contributed by atoms with Crippen LogP contribution in [0.2, 0.25) is 0 Å². The minimum absolute atomic E-state index is 0. The van der Waals surface area contributed by atoms with Crippen LogP contribution in [-0.4, -0.2) is 142 Å². The maximum atomic E-state index is 12.9. The molecule has 0 spiro atoms. The molecule has 0 bridgehead atoms. The van der Waals surface area contributed by atoms with Crippen molar-refractivity contribution < 1.29 is 33.8 Å². The zero-order valence-electron chi connectivity index (χ0n) is 48.0. The third-order valence-electron chi connectivity index (χ3n) is 11.9. The molecule has 448 valence electrons. The van der Waals surface area contributed by atoms with Gasteiger partial charge in [0.05, 0.1) is 25.0 Å². The highest BCUT2D eigenvalue weighted by Crippen LogP contribution is 2.26. The molecule has 2 aromatic carbocycles.